The second kappa shape index (κ2) is 5.14. The van der Waals surface area contributed by atoms with Crippen molar-refractivity contribution in [3.63, 3.8) is 0 Å². The van der Waals surface area contributed by atoms with E-state index >= 15 is 0 Å². The molecule has 0 rings (SSSR count). The third-order valence-electron chi connectivity index (χ3n) is 0.395. The van der Waals surface area contributed by atoms with Crippen LogP contribution in [-0.4, -0.2) is 19.0 Å². The zero-order chi connectivity index (χ0) is 5.54. The van der Waals surface area contributed by atoms with Crippen molar-refractivity contribution >= 4 is 12.5 Å². The predicted octanol–water partition coefficient (Wildman–Crippen LogP) is -0.219. The summed E-state index contributed by atoms with van der Waals surface area (Å²) in [5, 5.41) is 3.56. The van der Waals surface area contributed by atoms with E-state index in [-0.39, 0.29) is 0 Å². The van der Waals surface area contributed by atoms with Crippen LogP contribution in [0, 0.1) is 0 Å². The summed E-state index contributed by atoms with van der Waals surface area (Å²) in [6.07, 6.45) is 2.34. The van der Waals surface area contributed by atoms with Gasteiger partial charge in [0.25, 0.3) is 0 Å². The third-order valence-corrected chi connectivity index (χ3v) is 0.395. The Labute approximate surface area is 42.4 Å². The molecule has 0 spiro atoms. The van der Waals surface area contributed by atoms with Crippen LogP contribution in [0.5, 0.6) is 0 Å². The lowest BCUT2D eigenvalue weighted by atomic mass is 10.8. The molecule has 0 aliphatic heterocycles. The van der Waals surface area contributed by atoms with Crippen molar-refractivity contribution in [2.24, 2.45) is 5.10 Å². The minimum atomic E-state index is 0.296. The van der Waals surface area contributed by atoms with Crippen LogP contribution in [0.2, 0.25) is 0 Å². The molecular weight excluding hydrogens is 92.1 g/mol. The molecule has 0 bridgehead atoms. The Morgan fingerprint density at radius 1 is 1.86 bits per heavy atom. The van der Waals surface area contributed by atoms with Crippen LogP contribution in [-0.2, 0) is 4.79 Å². The molecular formula is C4H8N2O. The van der Waals surface area contributed by atoms with Crippen molar-refractivity contribution in [1.82, 2.24) is 5.43 Å². The largest absolute Gasteiger partial charge is 0.303 e. The first-order valence-corrected chi connectivity index (χ1v) is 2.06. The molecule has 0 aromatic heterocycles. The number of hydrogen-bond donors (Lipinski definition) is 1. The summed E-state index contributed by atoms with van der Waals surface area (Å²) in [4.78, 5) is 9.54. The fourth-order valence-electron chi connectivity index (χ4n) is 0.181. The van der Waals surface area contributed by atoms with Gasteiger partial charge in [-0.3, -0.25) is 0 Å². The molecule has 40 valence electrons. The lowest BCUT2D eigenvalue weighted by molar-refractivity contribution is -0.107. The molecule has 3 nitrogen and oxygen atoms in total. The summed E-state index contributed by atoms with van der Waals surface area (Å²) >= 11 is 0. The van der Waals surface area contributed by atoms with Gasteiger partial charge in [-0.05, 0) is 6.92 Å². The van der Waals surface area contributed by atoms with Crippen molar-refractivity contribution in [2.45, 2.75) is 6.92 Å². The second-order valence-corrected chi connectivity index (χ2v) is 0.916. The first-order chi connectivity index (χ1) is 3.41. The van der Waals surface area contributed by atoms with Gasteiger partial charge < -0.3 is 10.2 Å². The van der Waals surface area contributed by atoms with Gasteiger partial charge in [0.15, 0.2) is 0 Å². The van der Waals surface area contributed by atoms with E-state index in [0.29, 0.717) is 6.54 Å². The van der Waals surface area contributed by atoms with E-state index < -0.39 is 0 Å². The first kappa shape index (κ1) is 6.14. The summed E-state index contributed by atoms with van der Waals surface area (Å²) in [5.74, 6) is 0. The topological polar surface area (TPSA) is 41.5 Å². The summed E-state index contributed by atoms with van der Waals surface area (Å²) in [7, 11) is 0. The predicted molar refractivity (Wildman–Crippen MR) is 28.2 cm³/mol. The smallest absolute Gasteiger partial charge is 0.140 e. The molecule has 0 atom stereocenters. The normalized spacial score (nSPS) is 9.29. The highest BCUT2D eigenvalue weighted by Gasteiger charge is 1.67. The number of nitrogens with zero attached hydrogens (tertiary/aromatic N) is 1. The van der Waals surface area contributed by atoms with Gasteiger partial charge in [-0.1, -0.05) is 0 Å². The molecule has 0 amide bonds. The van der Waals surface area contributed by atoms with Gasteiger partial charge >= 0.3 is 0 Å². The van der Waals surface area contributed by atoms with Gasteiger partial charge in [0, 0.05) is 6.21 Å². The van der Waals surface area contributed by atoms with Crippen LogP contribution < -0.4 is 5.43 Å². The Hall–Kier alpha value is -0.860. The molecule has 0 aliphatic carbocycles. The Bertz CT molecular complexity index is 70.1. The van der Waals surface area contributed by atoms with Crippen LogP contribution in [0.15, 0.2) is 5.10 Å². The van der Waals surface area contributed by atoms with Crippen LogP contribution in [0.3, 0.4) is 0 Å². The molecule has 0 saturated carbocycles. The maximum absolute atomic E-state index is 9.54. The van der Waals surface area contributed by atoms with E-state index in [1.807, 2.05) is 0 Å². The Morgan fingerprint density at radius 2 is 2.57 bits per heavy atom. The summed E-state index contributed by atoms with van der Waals surface area (Å²) in [6.45, 7) is 2.07. The van der Waals surface area contributed by atoms with Crippen molar-refractivity contribution < 1.29 is 4.79 Å². The number of hydrogen-bond acceptors (Lipinski definition) is 3. The third kappa shape index (κ3) is 5.14. The number of carbonyl (C=O) groups is 1. The summed E-state index contributed by atoms with van der Waals surface area (Å²) < 4.78 is 0. The van der Waals surface area contributed by atoms with Crippen LogP contribution in [0.4, 0.5) is 0 Å². The zero-order valence-corrected chi connectivity index (χ0v) is 4.22. The summed E-state index contributed by atoms with van der Waals surface area (Å²) in [6, 6.07) is 0. The molecule has 0 saturated heterocycles. The van der Waals surface area contributed by atoms with Crippen molar-refractivity contribution in [3.8, 4) is 0 Å². The van der Waals surface area contributed by atoms with Crippen molar-refractivity contribution in [2.75, 3.05) is 6.54 Å². The van der Waals surface area contributed by atoms with E-state index in [4.69, 9.17) is 0 Å². The lowest BCUT2D eigenvalue weighted by Crippen LogP contribution is -2.07. The minimum Gasteiger partial charge on any atom is -0.303 e. The van der Waals surface area contributed by atoms with E-state index in [1.165, 1.54) is 0 Å². The highest BCUT2D eigenvalue weighted by atomic mass is 16.1. The van der Waals surface area contributed by atoms with Gasteiger partial charge in [0.05, 0.1) is 6.54 Å². The average molecular weight is 100 g/mol. The Balaban J connectivity index is 2.82. The average Bonchev–Trinajstić information content (AvgIpc) is 1.69. The molecule has 3 heteroatoms. The van der Waals surface area contributed by atoms with Gasteiger partial charge in [0.1, 0.15) is 6.29 Å². The first-order valence-electron chi connectivity index (χ1n) is 2.06. The molecule has 0 aromatic carbocycles. The fraction of sp³-hybridized carbons (Fsp3) is 0.500. The monoisotopic (exact) mass is 100 g/mol. The number of carbonyl (C=O) groups excluding carboxylic acids is 1. The maximum Gasteiger partial charge on any atom is 0.140 e. The molecule has 0 aromatic rings. The molecule has 7 heavy (non-hydrogen) atoms. The number of hydrazone groups is 1. The van der Waals surface area contributed by atoms with Gasteiger partial charge in [-0.2, -0.15) is 5.10 Å². The van der Waals surface area contributed by atoms with E-state index in [0.717, 1.165) is 6.29 Å². The van der Waals surface area contributed by atoms with E-state index in [1.54, 1.807) is 13.1 Å². The van der Waals surface area contributed by atoms with Crippen molar-refractivity contribution in [3.05, 3.63) is 0 Å². The number of aldehydes is 1. The SMILES string of the molecule is CC=NNCC=O. The van der Waals surface area contributed by atoms with Crippen LogP contribution in [0.1, 0.15) is 6.92 Å². The van der Waals surface area contributed by atoms with E-state index in [9.17, 15) is 4.79 Å². The molecule has 0 heterocycles. The van der Waals surface area contributed by atoms with Gasteiger partial charge in [-0.15, -0.1) is 0 Å². The van der Waals surface area contributed by atoms with Crippen molar-refractivity contribution in [1.29, 1.82) is 0 Å². The zero-order valence-electron chi connectivity index (χ0n) is 4.22. The quantitative estimate of drug-likeness (QED) is 0.230. The van der Waals surface area contributed by atoms with Gasteiger partial charge in [-0.25, -0.2) is 0 Å². The minimum absolute atomic E-state index is 0.296. The standard InChI is InChI=1S/C4H8N2O/c1-2-5-6-3-4-7/h2,4,6H,3H2,1H3. The van der Waals surface area contributed by atoms with Crippen LogP contribution >= 0.6 is 0 Å². The highest BCUT2D eigenvalue weighted by molar-refractivity contribution is 5.54. The fourth-order valence-corrected chi connectivity index (χ4v) is 0.181. The molecule has 0 unspecified atom stereocenters. The number of nitrogens with one attached hydrogen (secondary N) is 1. The van der Waals surface area contributed by atoms with E-state index in [2.05, 4.69) is 10.5 Å². The van der Waals surface area contributed by atoms with Gasteiger partial charge in [0.2, 0.25) is 0 Å². The second-order valence-electron chi connectivity index (χ2n) is 0.916. The summed E-state index contributed by atoms with van der Waals surface area (Å²) in [5.41, 5.74) is 2.49. The lowest BCUT2D eigenvalue weighted by Gasteiger charge is -1.84. The highest BCUT2D eigenvalue weighted by Crippen LogP contribution is 1.50. The molecule has 0 fully saturated rings. The molecule has 1 N–H and O–H groups in total. The Morgan fingerprint density at radius 3 is 3.00 bits per heavy atom. The number of rotatable bonds is 3. The Kier molecular flexibility index (Phi) is 4.51. The maximum atomic E-state index is 9.54. The van der Waals surface area contributed by atoms with Crippen LogP contribution in [0.25, 0.3) is 0 Å². The molecule has 0 radical (unpaired) electrons. The molecule has 0 aliphatic rings.